The van der Waals surface area contributed by atoms with Crippen molar-refractivity contribution < 1.29 is 4.79 Å². The number of carbonyl (C=O) groups excluding carboxylic acids is 1. The van der Waals surface area contributed by atoms with Gasteiger partial charge in [-0.3, -0.25) is 9.89 Å². The standard InChI is InChI=1S/C5H9N5O/c6-4(11)1-7-2-5-8-3-9-10-5/h3,7H,1-2H2,(H2,6,11)(H,8,9,10). The van der Waals surface area contributed by atoms with Crippen molar-refractivity contribution in [3.05, 3.63) is 12.2 Å². The maximum absolute atomic E-state index is 10.2. The summed E-state index contributed by atoms with van der Waals surface area (Å²) in [5.41, 5.74) is 4.88. The van der Waals surface area contributed by atoms with Gasteiger partial charge in [-0.25, -0.2) is 4.98 Å². The Morgan fingerprint density at radius 2 is 2.64 bits per heavy atom. The molecule has 0 saturated carbocycles. The van der Waals surface area contributed by atoms with Crippen molar-refractivity contribution in [3.8, 4) is 0 Å². The van der Waals surface area contributed by atoms with Crippen molar-refractivity contribution in [2.24, 2.45) is 5.73 Å². The predicted molar refractivity (Wildman–Crippen MR) is 37.3 cm³/mol. The van der Waals surface area contributed by atoms with Crippen LogP contribution in [0.1, 0.15) is 5.82 Å². The molecule has 1 aromatic rings. The van der Waals surface area contributed by atoms with Crippen LogP contribution >= 0.6 is 0 Å². The number of aromatic amines is 1. The number of rotatable bonds is 4. The van der Waals surface area contributed by atoms with Crippen molar-refractivity contribution in [2.75, 3.05) is 6.54 Å². The maximum atomic E-state index is 10.2. The SMILES string of the molecule is NC(=O)CNCc1ncn[nH]1. The van der Waals surface area contributed by atoms with Gasteiger partial charge in [-0.05, 0) is 0 Å². The van der Waals surface area contributed by atoms with Crippen LogP contribution in [0.25, 0.3) is 0 Å². The molecule has 0 aliphatic heterocycles. The highest BCUT2D eigenvalue weighted by Crippen LogP contribution is 1.81. The highest BCUT2D eigenvalue weighted by atomic mass is 16.1. The molecule has 4 N–H and O–H groups in total. The van der Waals surface area contributed by atoms with Crippen LogP contribution in [0.2, 0.25) is 0 Å². The fourth-order valence-electron chi connectivity index (χ4n) is 0.620. The molecule has 0 aliphatic carbocycles. The van der Waals surface area contributed by atoms with Crippen LogP contribution in [0.3, 0.4) is 0 Å². The zero-order valence-corrected chi connectivity index (χ0v) is 5.87. The van der Waals surface area contributed by atoms with Gasteiger partial charge in [0.15, 0.2) is 0 Å². The smallest absolute Gasteiger partial charge is 0.231 e. The Morgan fingerprint density at radius 1 is 1.82 bits per heavy atom. The van der Waals surface area contributed by atoms with E-state index in [2.05, 4.69) is 20.5 Å². The number of primary amides is 1. The van der Waals surface area contributed by atoms with E-state index in [4.69, 9.17) is 5.73 Å². The van der Waals surface area contributed by atoms with Crippen LogP contribution in [-0.2, 0) is 11.3 Å². The van der Waals surface area contributed by atoms with E-state index in [1.807, 2.05) is 0 Å². The average Bonchev–Trinajstić information content (AvgIpc) is 2.39. The van der Waals surface area contributed by atoms with Crippen LogP contribution in [0, 0.1) is 0 Å². The van der Waals surface area contributed by atoms with Crippen LogP contribution < -0.4 is 11.1 Å². The first-order valence-electron chi connectivity index (χ1n) is 3.12. The van der Waals surface area contributed by atoms with Gasteiger partial charge < -0.3 is 11.1 Å². The Balaban J connectivity index is 2.19. The molecule has 0 unspecified atom stereocenters. The molecule has 0 aromatic carbocycles. The molecule has 1 heterocycles. The van der Waals surface area contributed by atoms with Gasteiger partial charge in [-0.15, -0.1) is 0 Å². The van der Waals surface area contributed by atoms with Gasteiger partial charge in [-0.2, -0.15) is 5.10 Å². The molecular formula is C5H9N5O. The molecule has 0 aliphatic rings. The molecule has 6 nitrogen and oxygen atoms in total. The summed E-state index contributed by atoms with van der Waals surface area (Å²) in [7, 11) is 0. The minimum Gasteiger partial charge on any atom is -0.369 e. The molecule has 0 spiro atoms. The molecule has 0 fully saturated rings. The Bertz CT molecular complexity index is 219. The quantitative estimate of drug-likeness (QED) is 0.486. The third-order valence-corrected chi connectivity index (χ3v) is 1.06. The zero-order chi connectivity index (χ0) is 8.10. The first kappa shape index (κ1) is 7.67. The summed E-state index contributed by atoms with van der Waals surface area (Å²) in [5, 5.41) is 9.04. The molecule has 1 rings (SSSR count). The van der Waals surface area contributed by atoms with Crippen molar-refractivity contribution in [1.82, 2.24) is 20.5 Å². The highest BCUT2D eigenvalue weighted by molar-refractivity contribution is 5.75. The van der Waals surface area contributed by atoms with Crippen LogP contribution in [0.5, 0.6) is 0 Å². The van der Waals surface area contributed by atoms with Gasteiger partial charge in [-0.1, -0.05) is 0 Å². The van der Waals surface area contributed by atoms with E-state index < -0.39 is 0 Å². The van der Waals surface area contributed by atoms with E-state index in [9.17, 15) is 4.79 Å². The van der Waals surface area contributed by atoms with E-state index >= 15 is 0 Å². The van der Waals surface area contributed by atoms with E-state index in [1.54, 1.807) is 0 Å². The van der Waals surface area contributed by atoms with Gasteiger partial charge in [0.05, 0.1) is 13.1 Å². The fraction of sp³-hybridized carbons (Fsp3) is 0.400. The summed E-state index contributed by atoms with van der Waals surface area (Å²) in [6, 6.07) is 0. The van der Waals surface area contributed by atoms with Gasteiger partial charge >= 0.3 is 0 Å². The number of H-pyrrole nitrogens is 1. The lowest BCUT2D eigenvalue weighted by atomic mass is 10.5. The Morgan fingerprint density at radius 3 is 3.18 bits per heavy atom. The molecular weight excluding hydrogens is 146 g/mol. The molecule has 6 heteroatoms. The minimum atomic E-state index is -0.385. The fourth-order valence-corrected chi connectivity index (χ4v) is 0.620. The number of amides is 1. The molecule has 60 valence electrons. The Kier molecular flexibility index (Phi) is 2.56. The first-order chi connectivity index (χ1) is 5.29. The number of nitrogens with one attached hydrogen (secondary N) is 2. The molecule has 0 bridgehead atoms. The molecule has 1 amide bonds. The van der Waals surface area contributed by atoms with Crippen molar-refractivity contribution in [1.29, 1.82) is 0 Å². The Labute approximate surface area is 63.2 Å². The molecule has 1 aromatic heterocycles. The number of nitrogens with two attached hydrogens (primary N) is 1. The Hall–Kier alpha value is -1.43. The van der Waals surface area contributed by atoms with E-state index in [-0.39, 0.29) is 12.5 Å². The molecule has 0 saturated heterocycles. The lowest BCUT2D eigenvalue weighted by Crippen LogP contribution is -2.28. The van der Waals surface area contributed by atoms with Crippen molar-refractivity contribution in [3.63, 3.8) is 0 Å². The second-order valence-corrected chi connectivity index (χ2v) is 2.00. The van der Waals surface area contributed by atoms with E-state index in [0.717, 1.165) is 0 Å². The largest absolute Gasteiger partial charge is 0.369 e. The summed E-state index contributed by atoms with van der Waals surface area (Å²) < 4.78 is 0. The third kappa shape index (κ3) is 2.76. The number of carbonyl (C=O) groups is 1. The second kappa shape index (κ2) is 3.67. The normalized spacial score (nSPS) is 9.82. The summed E-state index contributed by atoms with van der Waals surface area (Å²) in [4.78, 5) is 14.1. The van der Waals surface area contributed by atoms with E-state index in [1.165, 1.54) is 6.33 Å². The van der Waals surface area contributed by atoms with Crippen LogP contribution in [0.15, 0.2) is 6.33 Å². The van der Waals surface area contributed by atoms with Crippen molar-refractivity contribution >= 4 is 5.91 Å². The lowest BCUT2D eigenvalue weighted by molar-refractivity contribution is -0.117. The lowest BCUT2D eigenvalue weighted by Gasteiger charge is -1.96. The number of nitrogens with zero attached hydrogens (tertiary/aromatic N) is 2. The highest BCUT2D eigenvalue weighted by Gasteiger charge is 1.95. The molecule has 11 heavy (non-hydrogen) atoms. The molecule has 0 atom stereocenters. The van der Waals surface area contributed by atoms with Crippen LogP contribution in [-0.4, -0.2) is 27.6 Å². The third-order valence-electron chi connectivity index (χ3n) is 1.06. The average molecular weight is 155 g/mol. The van der Waals surface area contributed by atoms with Crippen molar-refractivity contribution in [2.45, 2.75) is 6.54 Å². The first-order valence-corrected chi connectivity index (χ1v) is 3.12. The number of hydrogen-bond donors (Lipinski definition) is 3. The summed E-state index contributed by atoms with van der Waals surface area (Å²) >= 11 is 0. The number of hydrogen-bond acceptors (Lipinski definition) is 4. The summed E-state index contributed by atoms with van der Waals surface area (Å²) in [6.45, 7) is 0.629. The number of aromatic nitrogens is 3. The van der Waals surface area contributed by atoms with Gasteiger partial charge in [0.2, 0.25) is 5.91 Å². The zero-order valence-electron chi connectivity index (χ0n) is 5.87. The summed E-state index contributed by atoms with van der Waals surface area (Å²) in [5.74, 6) is 0.302. The summed E-state index contributed by atoms with van der Waals surface area (Å²) in [6.07, 6.45) is 1.40. The second-order valence-electron chi connectivity index (χ2n) is 2.00. The van der Waals surface area contributed by atoms with Gasteiger partial charge in [0.25, 0.3) is 0 Å². The van der Waals surface area contributed by atoms with E-state index in [0.29, 0.717) is 12.4 Å². The maximum Gasteiger partial charge on any atom is 0.231 e. The van der Waals surface area contributed by atoms with Crippen LogP contribution in [0.4, 0.5) is 0 Å². The predicted octanol–water partition coefficient (Wildman–Crippen LogP) is -1.62. The van der Waals surface area contributed by atoms with Gasteiger partial charge in [0, 0.05) is 0 Å². The minimum absolute atomic E-state index is 0.153. The molecule has 0 radical (unpaired) electrons. The van der Waals surface area contributed by atoms with Gasteiger partial charge in [0.1, 0.15) is 12.2 Å². The topological polar surface area (TPSA) is 96.7 Å². The monoisotopic (exact) mass is 155 g/mol.